The SMILES string of the molecule is Fc1ccc(C2CNCC3(CCCCC3)CO2)c(Br)c1. The van der Waals surface area contributed by atoms with Crippen LogP contribution < -0.4 is 5.32 Å². The third-order valence-electron chi connectivity index (χ3n) is 4.64. The highest BCUT2D eigenvalue weighted by Gasteiger charge is 2.35. The second kappa shape index (κ2) is 6.12. The van der Waals surface area contributed by atoms with E-state index in [1.165, 1.54) is 44.2 Å². The summed E-state index contributed by atoms with van der Waals surface area (Å²) in [6.07, 6.45) is 6.51. The van der Waals surface area contributed by atoms with E-state index >= 15 is 0 Å². The number of benzene rings is 1. The van der Waals surface area contributed by atoms with Gasteiger partial charge in [0.25, 0.3) is 0 Å². The van der Waals surface area contributed by atoms with Crippen molar-refractivity contribution >= 4 is 15.9 Å². The molecule has 1 saturated carbocycles. The largest absolute Gasteiger partial charge is 0.372 e. The molecule has 1 aromatic rings. The van der Waals surface area contributed by atoms with Crippen LogP contribution in [-0.4, -0.2) is 19.7 Å². The van der Waals surface area contributed by atoms with E-state index < -0.39 is 0 Å². The van der Waals surface area contributed by atoms with Gasteiger partial charge in [0.15, 0.2) is 0 Å². The Morgan fingerprint density at radius 1 is 1.25 bits per heavy atom. The minimum Gasteiger partial charge on any atom is -0.372 e. The van der Waals surface area contributed by atoms with E-state index in [2.05, 4.69) is 21.2 Å². The van der Waals surface area contributed by atoms with E-state index in [4.69, 9.17) is 4.74 Å². The fraction of sp³-hybridized carbons (Fsp3) is 0.625. The second-order valence-corrected chi connectivity index (χ2v) is 7.01. The monoisotopic (exact) mass is 341 g/mol. The van der Waals surface area contributed by atoms with E-state index in [1.807, 2.05) is 6.07 Å². The molecule has 1 heterocycles. The van der Waals surface area contributed by atoms with E-state index in [0.717, 1.165) is 29.7 Å². The van der Waals surface area contributed by atoms with Gasteiger partial charge in [-0.05, 0) is 30.5 Å². The summed E-state index contributed by atoms with van der Waals surface area (Å²) >= 11 is 3.45. The Kier molecular flexibility index (Phi) is 4.43. The number of hydrogen-bond donors (Lipinski definition) is 1. The number of nitrogens with one attached hydrogen (secondary N) is 1. The van der Waals surface area contributed by atoms with Gasteiger partial charge in [-0.15, -0.1) is 0 Å². The average Bonchev–Trinajstić information content (AvgIpc) is 2.63. The van der Waals surface area contributed by atoms with Crippen molar-refractivity contribution in [2.45, 2.75) is 38.2 Å². The summed E-state index contributed by atoms with van der Waals surface area (Å²) in [5.41, 5.74) is 1.35. The molecule has 0 amide bonds. The van der Waals surface area contributed by atoms with E-state index in [9.17, 15) is 4.39 Å². The van der Waals surface area contributed by atoms with Gasteiger partial charge in [-0.2, -0.15) is 0 Å². The lowest BCUT2D eigenvalue weighted by Crippen LogP contribution is -2.37. The molecule has 0 aromatic heterocycles. The van der Waals surface area contributed by atoms with Gasteiger partial charge >= 0.3 is 0 Å². The van der Waals surface area contributed by atoms with Crippen LogP contribution >= 0.6 is 15.9 Å². The molecule has 110 valence electrons. The summed E-state index contributed by atoms with van der Waals surface area (Å²) in [6, 6.07) is 4.84. The first-order chi connectivity index (χ1) is 9.69. The molecule has 2 fully saturated rings. The molecule has 4 heteroatoms. The molecule has 0 bridgehead atoms. The Morgan fingerprint density at radius 3 is 2.80 bits per heavy atom. The zero-order valence-corrected chi connectivity index (χ0v) is 13.2. The average molecular weight is 342 g/mol. The maximum Gasteiger partial charge on any atom is 0.124 e. The van der Waals surface area contributed by atoms with E-state index in [1.54, 1.807) is 0 Å². The van der Waals surface area contributed by atoms with Crippen molar-refractivity contribution in [3.05, 3.63) is 34.1 Å². The van der Waals surface area contributed by atoms with Crippen LogP contribution in [0.4, 0.5) is 4.39 Å². The van der Waals surface area contributed by atoms with E-state index in [-0.39, 0.29) is 11.9 Å². The molecule has 1 atom stereocenters. The van der Waals surface area contributed by atoms with Crippen LogP contribution in [0.1, 0.15) is 43.8 Å². The van der Waals surface area contributed by atoms with Crippen LogP contribution in [0.15, 0.2) is 22.7 Å². The number of halogens is 2. The first-order valence-electron chi connectivity index (χ1n) is 7.46. The summed E-state index contributed by atoms with van der Waals surface area (Å²) in [7, 11) is 0. The minimum atomic E-state index is -0.217. The lowest BCUT2D eigenvalue weighted by Gasteiger charge is -2.35. The molecule has 2 aliphatic rings. The van der Waals surface area contributed by atoms with Crippen molar-refractivity contribution in [2.24, 2.45) is 5.41 Å². The molecule has 1 spiro atoms. The maximum absolute atomic E-state index is 13.2. The zero-order chi connectivity index (χ0) is 14.0. The lowest BCUT2D eigenvalue weighted by atomic mass is 9.74. The van der Waals surface area contributed by atoms with Gasteiger partial charge < -0.3 is 10.1 Å². The predicted octanol–water partition coefficient (Wildman–Crippen LogP) is 4.20. The summed E-state index contributed by atoms with van der Waals surface area (Å²) in [5, 5.41) is 3.56. The van der Waals surface area contributed by atoms with Crippen LogP contribution in [0.25, 0.3) is 0 Å². The first kappa shape index (κ1) is 14.5. The molecule has 1 saturated heterocycles. The quantitative estimate of drug-likeness (QED) is 0.826. The normalized spacial score (nSPS) is 26.4. The molecule has 1 aromatic carbocycles. The molecule has 20 heavy (non-hydrogen) atoms. The van der Waals surface area contributed by atoms with Crippen LogP contribution in [0.2, 0.25) is 0 Å². The van der Waals surface area contributed by atoms with Crippen LogP contribution in [-0.2, 0) is 4.74 Å². The van der Waals surface area contributed by atoms with Crippen molar-refractivity contribution in [1.82, 2.24) is 5.32 Å². The van der Waals surface area contributed by atoms with Gasteiger partial charge in [0, 0.05) is 23.0 Å². The molecular formula is C16H21BrFNO. The highest BCUT2D eigenvalue weighted by molar-refractivity contribution is 9.10. The fourth-order valence-electron chi connectivity index (χ4n) is 3.44. The summed E-state index contributed by atoms with van der Waals surface area (Å²) < 4.78 is 20.2. The van der Waals surface area contributed by atoms with Gasteiger partial charge in [0.05, 0.1) is 12.7 Å². The molecule has 1 aliphatic heterocycles. The van der Waals surface area contributed by atoms with Gasteiger partial charge in [-0.1, -0.05) is 41.3 Å². The van der Waals surface area contributed by atoms with Crippen molar-refractivity contribution in [3.63, 3.8) is 0 Å². The first-order valence-corrected chi connectivity index (χ1v) is 8.25. The summed E-state index contributed by atoms with van der Waals surface area (Å²) in [6.45, 7) is 2.66. The van der Waals surface area contributed by atoms with Gasteiger partial charge in [0.2, 0.25) is 0 Å². The highest BCUT2D eigenvalue weighted by atomic mass is 79.9. The number of hydrogen-bond acceptors (Lipinski definition) is 2. The molecular weight excluding hydrogens is 321 g/mol. The Morgan fingerprint density at radius 2 is 2.05 bits per heavy atom. The van der Waals surface area contributed by atoms with Gasteiger partial charge in [0.1, 0.15) is 5.82 Å². The van der Waals surface area contributed by atoms with Gasteiger partial charge in [-0.25, -0.2) is 4.39 Å². The Hall–Kier alpha value is -0.450. The lowest BCUT2D eigenvalue weighted by molar-refractivity contribution is -0.00170. The maximum atomic E-state index is 13.2. The molecule has 1 unspecified atom stereocenters. The van der Waals surface area contributed by atoms with Crippen LogP contribution in [0, 0.1) is 11.2 Å². The second-order valence-electron chi connectivity index (χ2n) is 6.16. The Labute approximate surface area is 128 Å². The molecule has 1 aliphatic carbocycles. The van der Waals surface area contributed by atoms with Crippen molar-refractivity contribution < 1.29 is 9.13 Å². The Bertz CT molecular complexity index is 474. The van der Waals surface area contributed by atoms with Gasteiger partial charge in [-0.3, -0.25) is 0 Å². The zero-order valence-electron chi connectivity index (χ0n) is 11.6. The third-order valence-corrected chi connectivity index (χ3v) is 5.33. The van der Waals surface area contributed by atoms with E-state index in [0.29, 0.717) is 5.41 Å². The molecule has 0 radical (unpaired) electrons. The van der Waals surface area contributed by atoms with Crippen molar-refractivity contribution in [3.8, 4) is 0 Å². The summed E-state index contributed by atoms with van der Waals surface area (Å²) in [5.74, 6) is -0.217. The topological polar surface area (TPSA) is 21.3 Å². The minimum absolute atomic E-state index is 0.00581. The fourth-order valence-corrected chi connectivity index (χ4v) is 4.05. The molecule has 1 N–H and O–H groups in total. The van der Waals surface area contributed by atoms with Crippen LogP contribution in [0.3, 0.4) is 0 Å². The third kappa shape index (κ3) is 3.07. The smallest absolute Gasteiger partial charge is 0.124 e. The van der Waals surface area contributed by atoms with Crippen molar-refractivity contribution in [2.75, 3.05) is 19.7 Å². The van der Waals surface area contributed by atoms with Crippen molar-refractivity contribution in [1.29, 1.82) is 0 Å². The Balaban J connectivity index is 1.73. The summed E-state index contributed by atoms with van der Waals surface area (Å²) in [4.78, 5) is 0. The highest BCUT2D eigenvalue weighted by Crippen LogP contribution is 2.39. The van der Waals surface area contributed by atoms with Crippen LogP contribution in [0.5, 0.6) is 0 Å². The number of ether oxygens (including phenoxy) is 1. The number of rotatable bonds is 1. The molecule has 3 rings (SSSR count). The molecule has 2 nitrogen and oxygen atoms in total. The standard InChI is InChI=1S/C16H21BrFNO/c17-14-8-12(18)4-5-13(14)15-9-19-10-16(11-20-15)6-2-1-3-7-16/h4-5,8,15,19H,1-3,6-7,9-11H2. The predicted molar refractivity (Wildman–Crippen MR) is 81.2 cm³/mol.